The number of aliphatic hydroxyl groups excluding tert-OH is 1. The van der Waals surface area contributed by atoms with Gasteiger partial charge >= 0.3 is 0 Å². The van der Waals surface area contributed by atoms with Gasteiger partial charge in [-0.1, -0.05) is 18.2 Å². The third-order valence-electron chi connectivity index (χ3n) is 3.97. The van der Waals surface area contributed by atoms with E-state index in [2.05, 4.69) is 4.99 Å². The lowest BCUT2D eigenvalue weighted by Gasteiger charge is -2.25. The van der Waals surface area contributed by atoms with Gasteiger partial charge in [0.2, 0.25) is 0 Å². The fraction of sp³-hybridized carbons (Fsp3) is 0.158. The Morgan fingerprint density at radius 2 is 1.64 bits per heavy atom. The van der Waals surface area contributed by atoms with E-state index in [1.54, 1.807) is 18.2 Å². The zero-order valence-corrected chi connectivity index (χ0v) is 13.7. The molecule has 1 atom stereocenters. The van der Waals surface area contributed by atoms with Crippen molar-refractivity contribution in [1.29, 1.82) is 0 Å². The molecule has 6 heteroatoms. The Morgan fingerprint density at radius 1 is 1.04 bits per heavy atom. The molecule has 1 N–H and O–H groups in total. The molecule has 0 aromatic heterocycles. The molecule has 0 bridgehead atoms. The van der Waals surface area contributed by atoms with Gasteiger partial charge in [-0.05, 0) is 29.8 Å². The van der Waals surface area contributed by atoms with Crippen molar-refractivity contribution >= 4 is 11.6 Å². The minimum absolute atomic E-state index is 0.179. The minimum Gasteiger partial charge on any atom is -0.511 e. The van der Waals surface area contributed by atoms with E-state index in [9.17, 15) is 14.3 Å². The molecule has 25 heavy (non-hydrogen) atoms. The quantitative estimate of drug-likeness (QED) is 0.925. The van der Waals surface area contributed by atoms with Gasteiger partial charge in [0.05, 0.1) is 31.4 Å². The first-order valence-electron chi connectivity index (χ1n) is 7.55. The van der Waals surface area contributed by atoms with E-state index in [0.717, 1.165) is 6.08 Å². The molecule has 0 saturated heterocycles. The smallest absolute Gasteiger partial charge is 0.273 e. The van der Waals surface area contributed by atoms with Gasteiger partial charge in [0.1, 0.15) is 23.1 Å². The molecule has 5 nitrogen and oxygen atoms in total. The summed E-state index contributed by atoms with van der Waals surface area (Å²) in [6.45, 7) is 0. The zero-order valence-electron chi connectivity index (χ0n) is 13.7. The molecule has 0 radical (unpaired) electrons. The van der Waals surface area contributed by atoms with Gasteiger partial charge in [0.15, 0.2) is 0 Å². The SMILES string of the molecule is COc1cccc(OC)c1C1C(O)=CC(=O)N=C1c1ccc(F)cc1. The van der Waals surface area contributed by atoms with Crippen LogP contribution >= 0.6 is 0 Å². The number of allylic oxidation sites excluding steroid dienone is 1. The Bertz CT molecular complexity index is 849. The normalized spacial score (nSPS) is 16.9. The minimum atomic E-state index is -0.769. The van der Waals surface area contributed by atoms with E-state index in [1.165, 1.54) is 38.5 Å². The highest BCUT2D eigenvalue weighted by atomic mass is 19.1. The lowest BCUT2D eigenvalue weighted by atomic mass is 9.85. The number of aliphatic imine (C=N–C) groups is 1. The largest absolute Gasteiger partial charge is 0.511 e. The first-order chi connectivity index (χ1) is 12.0. The number of hydrogen-bond donors (Lipinski definition) is 1. The third-order valence-corrected chi connectivity index (χ3v) is 3.97. The Balaban J connectivity index is 2.21. The molecule has 2 aromatic carbocycles. The van der Waals surface area contributed by atoms with Crippen LogP contribution in [0.3, 0.4) is 0 Å². The van der Waals surface area contributed by atoms with Crippen LogP contribution < -0.4 is 9.47 Å². The number of methoxy groups -OCH3 is 2. The van der Waals surface area contributed by atoms with E-state index in [1.807, 2.05) is 0 Å². The van der Waals surface area contributed by atoms with Crippen molar-refractivity contribution < 1.29 is 23.8 Å². The van der Waals surface area contributed by atoms with Crippen LogP contribution in [0.2, 0.25) is 0 Å². The molecule has 0 spiro atoms. The van der Waals surface area contributed by atoms with Crippen LogP contribution in [-0.4, -0.2) is 30.9 Å². The number of amides is 1. The van der Waals surface area contributed by atoms with Crippen molar-refractivity contribution in [2.75, 3.05) is 14.2 Å². The summed E-state index contributed by atoms with van der Waals surface area (Å²) in [5.74, 6) is -0.974. The number of rotatable bonds is 4. The van der Waals surface area contributed by atoms with E-state index < -0.39 is 17.6 Å². The van der Waals surface area contributed by atoms with Crippen molar-refractivity contribution in [1.82, 2.24) is 0 Å². The van der Waals surface area contributed by atoms with Crippen LogP contribution in [0.4, 0.5) is 4.39 Å². The molecular weight excluding hydrogens is 325 g/mol. The Morgan fingerprint density at radius 3 is 2.20 bits per heavy atom. The van der Waals surface area contributed by atoms with Crippen molar-refractivity contribution in [2.24, 2.45) is 4.99 Å². The lowest BCUT2D eigenvalue weighted by Crippen LogP contribution is -2.23. The summed E-state index contributed by atoms with van der Waals surface area (Å²) in [7, 11) is 3.00. The lowest BCUT2D eigenvalue weighted by molar-refractivity contribution is -0.113. The number of aliphatic hydroxyl groups is 1. The third kappa shape index (κ3) is 3.10. The predicted octanol–water partition coefficient (Wildman–Crippen LogP) is 3.40. The van der Waals surface area contributed by atoms with Gasteiger partial charge in [0, 0.05) is 6.08 Å². The van der Waals surface area contributed by atoms with Crippen LogP contribution in [0, 0.1) is 5.82 Å². The average Bonchev–Trinajstić information content (AvgIpc) is 2.61. The first kappa shape index (κ1) is 16.7. The van der Waals surface area contributed by atoms with Crippen molar-refractivity contribution in [3.05, 3.63) is 71.2 Å². The number of carbonyl (C=O) groups excluding carboxylic acids is 1. The second-order valence-electron chi connectivity index (χ2n) is 5.42. The average molecular weight is 341 g/mol. The highest BCUT2D eigenvalue weighted by molar-refractivity contribution is 6.16. The van der Waals surface area contributed by atoms with E-state index in [4.69, 9.17) is 9.47 Å². The van der Waals surface area contributed by atoms with E-state index >= 15 is 0 Å². The molecule has 1 aliphatic rings. The zero-order chi connectivity index (χ0) is 18.0. The summed E-state index contributed by atoms with van der Waals surface area (Å²) in [5, 5.41) is 10.5. The van der Waals surface area contributed by atoms with Gasteiger partial charge in [0.25, 0.3) is 5.91 Å². The maximum Gasteiger partial charge on any atom is 0.273 e. The molecule has 0 aliphatic carbocycles. The number of carbonyl (C=O) groups is 1. The maximum absolute atomic E-state index is 13.3. The van der Waals surface area contributed by atoms with Gasteiger partial charge in [-0.2, -0.15) is 0 Å². The Labute approximate surface area is 144 Å². The van der Waals surface area contributed by atoms with Crippen LogP contribution in [0.25, 0.3) is 0 Å². The molecule has 1 unspecified atom stereocenters. The number of halogens is 1. The highest BCUT2D eigenvalue weighted by Crippen LogP contribution is 2.41. The molecule has 128 valence electrons. The summed E-state index contributed by atoms with van der Waals surface area (Å²) in [6.07, 6.45) is 1.06. The Kier molecular flexibility index (Phi) is 4.52. The molecule has 1 amide bonds. The van der Waals surface area contributed by atoms with E-state index in [-0.39, 0.29) is 5.76 Å². The topological polar surface area (TPSA) is 68.1 Å². The molecule has 0 saturated carbocycles. The van der Waals surface area contributed by atoms with Crippen LogP contribution in [0.1, 0.15) is 17.0 Å². The monoisotopic (exact) mass is 341 g/mol. The summed E-state index contributed by atoms with van der Waals surface area (Å²) in [6, 6.07) is 10.8. The maximum atomic E-state index is 13.3. The fourth-order valence-corrected chi connectivity index (χ4v) is 2.87. The summed E-state index contributed by atoms with van der Waals surface area (Å²) < 4.78 is 24.1. The molecule has 1 aliphatic heterocycles. The number of dihydropyridines is 1. The Hall–Kier alpha value is -3.15. The predicted molar refractivity (Wildman–Crippen MR) is 90.9 cm³/mol. The number of nitrogens with zero attached hydrogens (tertiary/aromatic N) is 1. The van der Waals surface area contributed by atoms with Crippen molar-refractivity contribution in [3.63, 3.8) is 0 Å². The van der Waals surface area contributed by atoms with Crippen LogP contribution in [-0.2, 0) is 4.79 Å². The summed E-state index contributed by atoms with van der Waals surface area (Å²) in [5.41, 5.74) is 1.36. The van der Waals surface area contributed by atoms with Crippen molar-refractivity contribution in [3.8, 4) is 11.5 Å². The standard InChI is InChI=1S/C19H16FNO4/c1-24-14-4-3-5-15(25-2)18(14)17-13(22)10-16(23)21-19(17)11-6-8-12(20)9-7-11/h3-10,17,22H,1-2H3. The van der Waals surface area contributed by atoms with Gasteiger partial charge in [-0.15, -0.1) is 0 Å². The second kappa shape index (κ2) is 6.76. The molecule has 2 aromatic rings. The number of benzene rings is 2. The second-order valence-corrected chi connectivity index (χ2v) is 5.42. The van der Waals surface area contributed by atoms with E-state index in [0.29, 0.717) is 28.3 Å². The first-order valence-corrected chi connectivity index (χ1v) is 7.55. The molecule has 1 heterocycles. The fourth-order valence-electron chi connectivity index (χ4n) is 2.87. The summed E-state index contributed by atoms with van der Waals surface area (Å²) >= 11 is 0. The van der Waals surface area contributed by atoms with Crippen LogP contribution in [0.5, 0.6) is 11.5 Å². The van der Waals surface area contributed by atoms with Gasteiger partial charge in [-0.25, -0.2) is 9.38 Å². The van der Waals surface area contributed by atoms with Crippen LogP contribution in [0.15, 0.2) is 59.3 Å². The number of ether oxygens (including phenoxy) is 2. The van der Waals surface area contributed by atoms with Crippen molar-refractivity contribution in [2.45, 2.75) is 5.92 Å². The molecular formula is C19H16FNO4. The van der Waals surface area contributed by atoms with Gasteiger partial charge in [-0.3, -0.25) is 4.79 Å². The highest BCUT2D eigenvalue weighted by Gasteiger charge is 2.33. The molecule has 0 fully saturated rings. The molecule has 3 rings (SSSR count). The number of hydrogen-bond acceptors (Lipinski definition) is 4. The van der Waals surface area contributed by atoms with Gasteiger partial charge < -0.3 is 14.6 Å². The summed E-state index contributed by atoms with van der Waals surface area (Å²) in [4.78, 5) is 15.9.